The van der Waals surface area contributed by atoms with Crippen molar-refractivity contribution < 1.29 is 17.9 Å². The smallest absolute Gasteiger partial charge is 0.416 e. The molecule has 0 saturated carbocycles. The van der Waals surface area contributed by atoms with Crippen molar-refractivity contribution in [3.8, 4) is 5.75 Å². The average molecular weight is 367 g/mol. The van der Waals surface area contributed by atoms with Crippen LogP contribution >= 0.6 is 12.4 Å². The zero-order valence-corrected chi connectivity index (χ0v) is 15.1. The van der Waals surface area contributed by atoms with Gasteiger partial charge in [0.2, 0.25) is 0 Å². The molecule has 3 nitrogen and oxygen atoms in total. The highest BCUT2D eigenvalue weighted by Crippen LogP contribution is 2.40. The highest BCUT2D eigenvalue weighted by atomic mass is 35.5. The summed E-state index contributed by atoms with van der Waals surface area (Å²) in [6, 6.07) is 4.10. The summed E-state index contributed by atoms with van der Waals surface area (Å²) < 4.78 is 45.6. The number of methoxy groups -OCH3 is 1. The molecule has 7 heteroatoms. The maximum atomic E-state index is 13.5. The number of alkyl halides is 3. The Hall–Kier alpha value is -0.980. The molecule has 1 aliphatic heterocycles. The average Bonchev–Trinajstić information content (AvgIpc) is 2.52. The van der Waals surface area contributed by atoms with Crippen LogP contribution in [0.3, 0.4) is 0 Å². The van der Waals surface area contributed by atoms with Crippen LogP contribution in [0.5, 0.6) is 5.75 Å². The molecule has 138 valence electrons. The lowest BCUT2D eigenvalue weighted by Gasteiger charge is -2.37. The zero-order valence-electron chi connectivity index (χ0n) is 14.3. The van der Waals surface area contributed by atoms with E-state index in [1.165, 1.54) is 7.11 Å². The van der Waals surface area contributed by atoms with E-state index in [1.807, 2.05) is 13.8 Å². The topological polar surface area (TPSA) is 24.5 Å². The third-order valence-corrected chi connectivity index (χ3v) is 4.21. The first-order chi connectivity index (χ1) is 10.8. The Morgan fingerprint density at radius 3 is 2.33 bits per heavy atom. The summed E-state index contributed by atoms with van der Waals surface area (Å²) in [5.41, 5.74) is -0.227. The highest BCUT2D eigenvalue weighted by molar-refractivity contribution is 5.85. The van der Waals surface area contributed by atoms with E-state index in [0.717, 1.165) is 32.2 Å². The van der Waals surface area contributed by atoms with Gasteiger partial charge in [0.25, 0.3) is 0 Å². The van der Waals surface area contributed by atoms with Gasteiger partial charge in [-0.2, -0.15) is 13.2 Å². The van der Waals surface area contributed by atoms with Crippen molar-refractivity contribution in [3.63, 3.8) is 0 Å². The third-order valence-electron chi connectivity index (χ3n) is 4.21. The van der Waals surface area contributed by atoms with Gasteiger partial charge in [-0.05, 0) is 30.0 Å². The van der Waals surface area contributed by atoms with E-state index in [9.17, 15) is 13.2 Å². The van der Waals surface area contributed by atoms with Crippen molar-refractivity contribution in [3.05, 3.63) is 29.3 Å². The maximum Gasteiger partial charge on any atom is 0.416 e. The molecule has 0 unspecified atom stereocenters. The number of rotatable bonds is 5. The van der Waals surface area contributed by atoms with Crippen molar-refractivity contribution in [1.82, 2.24) is 10.2 Å². The van der Waals surface area contributed by atoms with Crippen LogP contribution in [-0.4, -0.2) is 38.2 Å². The van der Waals surface area contributed by atoms with E-state index in [-0.39, 0.29) is 24.2 Å². The van der Waals surface area contributed by atoms with Crippen LogP contribution < -0.4 is 10.1 Å². The van der Waals surface area contributed by atoms with Crippen molar-refractivity contribution in [1.29, 1.82) is 0 Å². The van der Waals surface area contributed by atoms with Crippen LogP contribution in [-0.2, 0) is 6.18 Å². The minimum Gasteiger partial charge on any atom is -0.497 e. The molecule has 0 spiro atoms. The first-order valence-corrected chi connectivity index (χ1v) is 8.02. The second kappa shape index (κ2) is 8.92. The minimum atomic E-state index is -4.38. The molecule has 0 aliphatic carbocycles. The molecule has 1 aliphatic rings. The number of halogens is 4. The fourth-order valence-electron chi connectivity index (χ4n) is 3.11. The highest BCUT2D eigenvalue weighted by Gasteiger charge is 2.37. The van der Waals surface area contributed by atoms with Gasteiger partial charge >= 0.3 is 6.18 Å². The summed E-state index contributed by atoms with van der Waals surface area (Å²) in [5, 5.41) is 3.25. The van der Waals surface area contributed by atoms with Crippen molar-refractivity contribution in [2.75, 3.05) is 33.3 Å². The molecule has 1 aromatic rings. The Morgan fingerprint density at radius 2 is 1.83 bits per heavy atom. The Kier molecular flexibility index (Phi) is 7.83. The normalized spacial score (nSPS) is 17.5. The minimum absolute atomic E-state index is 0. The Labute approximate surface area is 148 Å². The standard InChI is InChI=1S/C17H25F3N2O.ClH/c1-12(2)10-16(22-8-6-21-7-9-22)14-5-4-13(23-3)11-15(14)17(18,19)20;/h4-5,11-12,16,21H,6-10H2,1-3H3;1H/t16-;/m0./s1. The van der Waals surface area contributed by atoms with Gasteiger partial charge in [0.15, 0.2) is 0 Å². The number of benzene rings is 1. The van der Waals surface area contributed by atoms with E-state index in [2.05, 4.69) is 10.2 Å². The summed E-state index contributed by atoms with van der Waals surface area (Å²) in [6.07, 6.45) is -3.68. The Morgan fingerprint density at radius 1 is 1.21 bits per heavy atom. The SMILES string of the molecule is COc1ccc([C@H](CC(C)C)N2CCNCC2)c(C(F)(F)F)c1.Cl. The lowest BCUT2D eigenvalue weighted by molar-refractivity contribution is -0.139. The number of ether oxygens (including phenoxy) is 1. The second-order valence-corrected chi connectivity index (χ2v) is 6.38. The molecule has 1 heterocycles. The van der Waals surface area contributed by atoms with Gasteiger partial charge in [-0.1, -0.05) is 19.9 Å². The van der Waals surface area contributed by atoms with Crippen LogP contribution in [0.25, 0.3) is 0 Å². The molecular weight excluding hydrogens is 341 g/mol. The van der Waals surface area contributed by atoms with Crippen LogP contribution in [0, 0.1) is 5.92 Å². The second-order valence-electron chi connectivity index (χ2n) is 6.38. The molecule has 1 atom stereocenters. The van der Waals surface area contributed by atoms with Gasteiger partial charge in [0.1, 0.15) is 5.75 Å². The molecule has 0 aromatic heterocycles. The molecule has 1 saturated heterocycles. The van der Waals surface area contributed by atoms with Gasteiger partial charge < -0.3 is 10.1 Å². The number of piperazine rings is 1. The van der Waals surface area contributed by atoms with Gasteiger partial charge in [0, 0.05) is 32.2 Å². The summed E-state index contributed by atoms with van der Waals surface area (Å²) in [6.45, 7) is 7.25. The van der Waals surface area contributed by atoms with Gasteiger partial charge in [-0.25, -0.2) is 0 Å². The van der Waals surface area contributed by atoms with Gasteiger partial charge in [0.05, 0.1) is 12.7 Å². The summed E-state index contributed by atoms with van der Waals surface area (Å²) in [5.74, 6) is 0.558. The summed E-state index contributed by atoms with van der Waals surface area (Å²) in [7, 11) is 1.39. The molecule has 1 aromatic carbocycles. The zero-order chi connectivity index (χ0) is 17.0. The third kappa shape index (κ3) is 5.26. The predicted molar refractivity (Wildman–Crippen MR) is 91.9 cm³/mol. The first-order valence-electron chi connectivity index (χ1n) is 8.02. The lowest BCUT2D eigenvalue weighted by Crippen LogP contribution is -2.45. The van der Waals surface area contributed by atoms with Crippen LogP contribution in [0.1, 0.15) is 37.4 Å². The van der Waals surface area contributed by atoms with Gasteiger partial charge in [-0.15, -0.1) is 12.4 Å². The molecule has 1 N–H and O–H groups in total. The van der Waals surface area contributed by atoms with Crippen LogP contribution in [0.4, 0.5) is 13.2 Å². The predicted octanol–water partition coefficient (Wildman–Crippen LogP) is 4.13. The molecule has 0 radical (unpaired) electrons. The maximum absolute atomic E-state index is 13.5. The van der Waals surface area contributed by atoms with E-state index < -0.39 is 11.7 Å². The van der Waals surface area contributed by atoms with Crippen LogP contribution in [0.2, 0.25) is 0 Å². The quantitative estimate of drug-likeness (QED) is 0.848. The van der Waals surface area contributed by atoms with Crippen LogP contribution in [0.15, 0.2) is 18.2 Å². The number of nitrogens with one attached hydrogen (secondary N) is 1. The Balaban J connectivity index is 0.00000288. The lowest BCUT2D eigenvalue weighted by atomic mass is 9.91. The van der Waals surface area contributed by atoms with Crippen molar-refractivity contribution in [2.45, 2.75) is 32.5 Å². The molecule has 0 amide bonds. The van der Waals surface area contributed by atoms with Crippen molar-refractivity contribution in [2.24, 2.45) is 5.92 Å². The molecule has 1 fully saturated rings. The van der Waals surface area contributed by atoms with E-state index >= 15 is 0 Å². The van der Waals surface area contributed by atoms with Gasteiger partial charge in [-0.3, -0.25) is 4.90 Å². The fourth-order valence-corrected chi connectivity index (χ4v) is 3.11. The van der Waals surface area contributed by atoms with E-state index in [1.54, 1.807) is 12.1 Å². The Bertz CT molecular complexity index is 517. The number of hydrogen-bond donors (Lipinski definition) is 1. The largest absolute Gasteiger partial charge is 0.497 e. The molecule has 24 heavy (non-hydrogen) atoms. The van der Waals surface area contributed by atoms with E-state index in [0.29, 0.717) is 17.9 Å². The summed E-state index contributed by atoms with van der Waals surface area (Å²) in [4.78, 5) is 2.16. The molecule has 2 rings (SSSR count). The number of nitrogens with zero attached hydrogens (tertiary/aromatic N) is 1. The monoisotopic (exact) mass is 366 g/mol. The molecular formula is C17H26ClF3N2O. The molecule has 0 bridgehead atoms. The van der Waals surface area contributed by atoms with E-state index in [4.69, 9.17) is 4.74 Å². The number of hydrogen-bond acceptors (Lipinski definition) is 3. The fraction of sp³-hybridized carbons (Fsp3) is 0.647. The van der Waals surface area contributed by atoms with Crippen molar-refractivity contribution >= 4 is 12.4 Å². The summed E-state index contributed by atoms with van der Waals surface area (Å²) >= 11 is 0. The first kappa shape index (κ1) is 21.1.